The van der Waals surface area contributed by atoms with Crippen molar-refractivity contribution in [1.29, 1.82) is 0 Å². The van der Waals surface area contributed by atoms with Crippen molar-refractivity contribution in [3.63, 3.8) is 0 Å². The van der Waals surface area contributed by atoms with Crippen LogP contribution in [-0.4, -0.2) is 92.9 Å². The molecule has 2 amide bonds. The molecule has 1 aliphatic heterocycles. The van der Waals surface area contributed by atoms with Crippen molar-refractivity contribution < 1.29 is 37.7 Å². The number of carbonyl (C=O) groups is 3. The minimum atomic E-state index is -1.22. The standard InChI is InChI=1S/C34H49FN4O7/c1-34(2,3)46-33(42)39-20-11-14-26-16-17-28(36-30(26)39)15-9-10-19-38(22-27(35)24-43-4)21-18-29(31(40)44-5)37-32(41)45-23-25-12-7-6-8-13-25/h6-8,12-13,16-17,27,29H,9-11,14-15,18-24H2,1-5H3,(H,37,41)/t27-,29-/m0/s1. The van der Waals surface area contributed by atoms with Crippen molar-refractivity contribution >= 4 is 24.0 Å². The Labute approximate surface area is 271 Å². The first-order valence-corrected chi connectivity index (χ1v) is 15.9. The summed E-state index contributed by atoms with van der Waals surface area (Å²) in [6, 6.07) is 12.3. The molecule has 3 rings (SSSR count). The first-order chi connectivity index (χ1) is 22.0. The van der Waals surface area contributed by atoms with Gasteiger partial charge in [-0.25, -0.2) is 23.8 Å². The number of aryl methyl sites for hydroxylation is 2. The number of aromatic nitrogens is 1. The molecule has 2 atom stereocenters. The number of ether oxygens (including phenoxy) is 4. The largest absolute Gasteiger partial charge is 0.467 e. The Balaban J connectivity index is 1.56. The van der Waals surface area contributed by atoms with Gasteiger partial charge in [0.1, 0.15) is 30.2 Å². The quantitative estimate of drug-likeness (QED) is 0.149. The normalized spacial score (nSPS) is 14.3. The molecule has 12 heteroatoms. The lowest BCUT2D eigenvalue weighted by molar-refractivity contribution is -0.143. The highest BCUT2D eigenvalue weighted by Crippen LogP contribution is 2.27. The van der Waals surface area contributed by atoms with Gasteiger partial charge in [-0.05, 0) is 83.0 Å². The molecule has 11 nitrogen and oxygen atoms in total. The summed E-state index contributed by atoms with van der Waals surface area (Å²) in [6.07, 6.45) is 1.76. The van der Waals surface area contributed by atoms with Gasteiger partial charge in [-0.15, -0.1) is 0 Å². The number of pyridine rings is 1. The molecule has 2 heterocycles. The fourth-order valence-electron chi connectivity index (χ4n) is 5.17. The van der Waals surface area contributed by atoms with E-state index in [0.29, 0.717) is 31.9 Å². The van der Waals surface area contributed by atoms with E-state index in [0.717, 1.165) is 42.5 Å². The predicted molar refractivity (Wildman–Crippen MR) is 172 cm³/mol. The number of alkyl carbamates (subject to hydrolysis) is 1. The summed E-state index contributed by atoms with van der Waals surface area (Å²) in [4.78, 5) is 46.1. The molecule has 1 aromatic heterocycles. The van der Waals surface area contributed by atoms with Crippen LogP contribution in [0.25, 0.3) is 0 Å². The number of alkyl halides is 1. The third kappa shape index (κ3) is 12.6. The molecule has 0 unspecified atom stereocenters. The zero-order valence-corrected chi connectivity index (χ0v) is 27.8. The minimum Gasteiger partial charge on any atom is -0.467 e. The number of methoxy groups -OCH3 is 2. The van der Waals surface area contributed by atoms with Gasteiger partial charge in [0.2, 0.25) is 0 Å². The summed E-state index contributed by atoms with van der Waals surface area (Å²) in [5.74, 6) is 0.0484. The van der Waals surface area contributed by atoms with E-state index in [-0.39, 0.29) is 26.2 Å². The van der Waals surface area contributed by atoms with E-state index in [2.05, 4.69) is 5.32 Å². The second-order valence-electron chi connectivity index (χ2n) is 12.4. The fraction of sp³-hybridized carbons (Fsp3) is 0.588. The second-order valence-corrected chi connectivity index (χ2v) is 12.4. The minimum absolute atomic E-state index is 0.0474. The van der Waals surface area contributed by atoms with Crippen LogP contribution in [0, 0.1) is 0 Å². The van der Waals surface area contributed by atoms with Crippen LogP contribution in [-0.2, 0) is 43.2 Å². The molecule has 0 spiro atoms. The Hall–Kier alpha value is -3.77. The molecule has 46 heavy (non-hydrogen) atoms. The Morgan fingerprint density at radius 1 is 1.07 bits per heavy atom. The topological polar surface area (TPSA) is 120 Å². The van der Waals surface area contributed by atoms with E-state index >= 15 is 0 Å². The molecule has 0 radical (unpaired) electrons. The van der Waals surface area contributed by atoms with Crippen molar-refractivity contribution in [2.45, 2.75) is 83.7 Å². The smallest absolute Gasteiger partial charge is 0.416 e. The Morgan fingerprint density at radius 3 is 2.52 bits per heavy atom. The molecule has 1 aromatic carbocycles. The van der Waals surface area contributed by atoms with E-state index in [1.54, 1.807) is 4.90 Å². The van der Waals surface area contributed by atoms with Crippen LogP contribution in [0.4, 0.5) is 19.8 Å². The average Bonchev–Trinajstić information content (AvgIpc) is 3.02. The van der Waals surface area contributed by atoms with E-state index in [9.17, 15) is 18.8 Å². The lowest BCUT2D eigenvalue weighted by Crippen LogP contribution is -2.45. The number of hydrogen-bond donors (Lipinski definition) is 1. The van der Waals surface area contributed by atoms with Crippen LogP contribution >= 0.6 is 0 Å². The maximum atomic E-state index is 14.6. The monoisotopic (exact) mass is 644 g/mol. The third-order valence-corrected chi connectivity index (χ3v) is 7.40. The second kappa shape index (κ2) is 18.4. The van der Waals surface area contributed by atoms with Crippen LogP contribution < -0.4 is 10.2 Å². The number of unbranched alkanes of at least 4 members (excludes halogenated alkanes) is 1. The highest BCUT2D eigenvalue weighted by atomic mass is 19.1. The van der Waals surface area contributed by atoms with Gasteiger partial charge in [0.05, 0.1) is 13.7 Å². The number of hydrogen-bond acceptors (Lipinski definition) is 9. The van der Waals surface area contributed by atoms with Gasteiger partial charge in [0, 0.05) is 32.4 Å². The van der Waals surface area contributed by atoms with Crippen molar-refractivity contribution in [3.05, 3.63) is 59.3 Å². The predicted octanol–water partition coefficient (Wildman–Crippen LogP) is 5.24. The number of carbonyl (C=O) groups excluding carboxylic acids is 3. The van der Waals surface area contributed by atoms with Gasteiger partial charge < -0.3 is 29.2 Å². The number of fused-ring (bicyclic) bond motifs is 1. The summed E-state index contributed by atoms with van der Waals surface area (Å²) in [5.41, 5.74) is 2.11. The molecule has 1 aliphatic rings. The highest BCUT2D eigenvalue weighted by molar-refractivity contribution is 5.88. The van der Waals surface area contributed by atoms with Crippen LogP contribution in [0.2, 0.25) is 0 Å². The zero-order valence-electron chi connectivity index (χ0n) is 27.8. The molecule has 0 fully saturated rings. The SMILES string of the molecule is COC[C@@H](F)CN(CCCCc1ccc2c(n1)N(C(=O)OC(C)(C)C)CCC2)CC[C@H](NC(=O)OCc1ccccc1)C(=O)OC. The van der Waals surface area contributed by atoms with E-state index in [1.807, 2.05) is 68.1 Å². The Morgan fingerprint density at radius 2 is 1.83 bits per heavy atom. The number of nitrogens with zero attached hydrogens (tertiary/aromatic N) is 3. The average molecular weight is 645 g/mol. The highest BCUT2D eigenvalue weighted by Gasteiger charge is 2.29. The van der Waals surface area contributed by atoms with Crippen LogP contribution in [0.5, 0.6) is 0 Å². The number of halogens is 1. The summed E-state index contributed by atoms with van der Waals surface area (Å²) < 4.78 is 35.4. The Bertz CT molecular complexity index is 1260. The van der Waals surface area contributed by atoms with Crippen LogP contribution in [0.15, 0.2) is 42.5 Å². The van der Waals surface area contributed by atoms with Gasteiger partial charge in [-0.2, -0.15) is 0 Å². The van der Waals surface area contributed by atoms with Crippen molar-refractivity contribution in [1.82, 2.24) is 15.2 Å². The first kappa shape index (κ1) is 36.7. The van der Waals surface area contributed by atoms with E-state index in [1.165, 1.54) is 14.2 Å². The summed E-state index contributed by atoms with van der Waals surface area (Å²) in [6.45, 7) is 7.12. The lowest BCUT2D eigenvalue weighted by atomic mass is 10.0. The maximum Gasteiger partial charge on any atom is 0.416 e. The van der Waals surface area contributed by atoms with Crippen LogP contribution in [0.3, 0.4) is 0 Å². The Kier molecular flexibility index (Phi) is 14.7. The molecule has 1 N–H and O–H groups in total. The number of benzene rings is 1. The number of rotatable bonds is 16. The number of nitrogens with one attached hydrogen (secondary N) is 1. The van der Waals surface area contributed by atoms with Gasteiger partial charge in [0.15, 0.2) is 0 Å². The van der Waals surface area contributed by atoms with Crippen molar-refractivity contribution in [3.8, 4) is 0 Å². The third-order valence-electron chi connectivity index (χ3n) is 7.40. The number of esters is 1. The van der Waals surface area contributed by atoms with Crippen molar-refractivity contribution in [2.75, 3.05) is 51.9 Å². The molecule has 254 valence electrons. The molecular formula is C34H49FN4O7. The van der Waals surface area contributed by atoms with Crippen LogP contribution in [0.1, 0.15) is 63.3 Å². The van der Waals surface area contributed by atoms with Crippen molar-refractivity contribution in [2.24, 2.45) is 0 Å². The van der Waals surface area contributed by atoms with Gasteiger partial charge in [0.25, 0.3) is 0 Å². The summed E-state index contributed by atoms with van der Waals surface area (Å²) in [5, 5.41) is 2.58. The lowest BCUT2D eigenvalue weighted by Gasteiger charge is -2.31. The van der Waals surface area contributed by atoms with Gasteiger partial charge in [-0.3, -0.25) is 4.90 Å². The molecule has 0 saturated heterocycles. The zero-order chi connectivity index (χ0) is 33.5. The van der Waals surface area contributed by atoms with Gasteiger partial charge in [-0.1, -0.05) is 36.4 Å². The maximum absolute atomic E-state index is 14.6. The van der Waals surface area contributed by atoms with E-state index < -0.39 is 36.0 Å². The number of anilines is 1. The molecule has 2 aromatic rings. The van der Waals surface area contributed by atoms with Gasteiger partial charge >= 0.3 is 18.2 Å². The summed E-state index contributed by atoms with van der Waals surface area (Å²) in [7, 11) is 2.70. The fourth-order valence-corrected chi connectivity index (χ4v) is 5.17. The first-order valence-electron chi connectivity index (χ1n) is 15.9. The molecule has 0 saturated carbocycles. The molecule has 0 bridgehead atoms. The number of amides is 2. The molecular weight excluding hydrogens is 595 g/mol. The van der Waals surface area contributed by atoms with E-state index in [4.69, 9.17) is 23.9 Å². The summed E-state index contributed by atoms with van der Waals surface area (Å²) >= 11 is 0. The molecule has 0 aliphatic carbocycles.